The zero-order valence-electron chi connectivity index (χ0n) is 16.5. The van der Waals surface area contributed by atoms with Crippen LogP contribution in [-0.2, 0) is 18.4 Å². The van der Waals surface area contributed by atoms with Crippen molar-refractivity contribution in [2.75, 3.05) is 31.5 Å². The first-order valence-electron chi connectivity index (χ1n) is 9.84. The summed E-state index contributed by atoms with van der Waals surface area (Å²) in [7, 11) is 1.78. The van der Waals surface area contributed by atoms with E-state index in [1.54, 1.807) is 36.1 Å². The maximum Gasteiger partial charge on any atom is 0.573 e. The van der Waals surface area contributed by atoms with Crippen molar-refractivity contribution in [2.24, 2.45) is 24.8 Å². The minimum absolute atomic E-state index is 0.0458. The molecule has 4 rings (SSSR count). The van der Waals surface area contributed by atoms with Crippen molar-refractivity contribution in [2.45, 2.75) is 12.9 Å². The lowest BCUT2D eigenvalue weighted by Gasteiger charge is -2.19. The Morgan fingerprint density at radius 1 is 1.27 bits per heavy atom. The highest BCUT2D eigenvalue weighted by molar-refractivity contribution is 5.91. The number of fused-ring (bicyclic) bond motifs is 1. The molecule has 1 aliphatic heterocycles. The first-order valence-corrected chi connectivity index (χ1v) is 9.84. The molecule has 0 bridgehead atoms. The number of carbonyl (C=O) groups is 1. The summed E-state index contributed by atoms with van der Waals surface area (Å²) in [6.45, 7) is 3.45. The minimum Gasteiger partial charge on any atom is -0.406 e. The van der Waals surface area contributed by atoms with Crippen LogP contribution >= 0.6 is 0 Å². The van der Waals surface area contributed by atoms with Crippen molar-refractivity contribution in [1.82, 2.24) is 20.0 Å². The van der Waals surface area contributed by atoms with E-state index in [1.165, 1.54) is 12.1 Å². The maximum absolute atomic E-state index is 12.3. The molecule has 1 aromatic heterocycles. The average Bonchev–Trinajstić information content (AvgIpc) is 2.97. The van der Waals surface area contributed by atoms with E-state index in [1.807, 2.05) is 0 Å². The highest BCUT2D eigenvalue weighted by atomic mass is 19.4. The van der Waals surface area contributed by atoms with Gasteiger partial charge in [-0.2, -0.15) is 5.10 Å². The Bertz CT molecular complexity index is 889. The molecule has 10 heteroatoms. The second-order valence-corrected chi connectivity index (χ2v) is 7.90. The van der Waals surface area contributed by atoms with E-state index < -0.39 is 6.36 Å². The Morgan fingerprint density at radius 2 is 2.03 bits per heavy atom. The average molecular weight is 423 g/mol. The zero-order valence-corrected chi connectivity index (χ0v) is 16.5. The number of benzene rings is 1. The second kappa shape index (κ2) is 8.27. The Kier molecular flexibility index (Phi) is 5.70. The molecule has 2 fully saturated rings. The van der Waals surface area contributed by atoms with Crippen LogP contribution in [-0.4, -0.2) is 53.1 Å². The minimum atomic E-state index is -4.68. The summed E-state index contributed by atoms with van der Waals surface area (Å²) in [6.07, 6.45) is -3.05. The maximum atomic E-state index is 12.3. The Hall–Kier alpha value is -2.59. The van der Waals surface area contributed by atoms with E-state index in [0.29, 0.717) is 36.7 Å². The number of hydrogen-bond acceptors (Lipinski definition) is 5. The number of anilines is 1. The number of hydrogen-bond donors (Lipinski definition) is 2. The molecule has 7 nitrogen and oxygen atoms in total. The fraction of sp³-hybridized carbons (Fsp3) is 0.500. The van der Waals surface area contributed by atoms with Gasteiger partial charge in [0.2, 0.25) is 5.91 Å². The second-order valence-electron chi connectivity index (χ2n) is 7.90. The lowest BCUT2D eigenvalue weighted by atomic mass is 10.2. The van der Waals surface area contributed by atoms with Crippen LogP contribution in [0.2, 0.25) is 0 Å². The molecule has 1 saturated carbocycles. The lowest BCUT2D eigenvalue weighted by molar-refractivity contribution is -0.274. The van der Waals surface area contributed by atoms with Crippen LogP contribution in [0.15, 0.2) is 36.5 Å². The summed E-state index contributed by atoms with van der Waals surface area (Å²) in [5.74, 6) is 2.12. The number of likely N-dealkylation sites (tertiary alicyclic amines) is 1. The number of aryl methyl sites for hydroxylation is 1. The smallest absolute Gasteiger partial charge is 0.406 e. The Labute approximate surface area is 172 Å². The molecule has 0 radical (unpaired) electrons. The van der Waals surface area contributed by atoms with Gasteiger partial charge < -0.3 is 15.4 Å². The molecule has 162 valence electrons. The van der Waals surface area contributed by atoms with Crippen LogP contribution in [0.4, 0.5) is 19.0 Å². The number of nitrogens with one attached hydrogen (secondary N) is 2. The standard InChI is InChI=1S/C20H24F3N5O2/c1-27-18(5-6-25-27)26-19(29)12-28-10-16-15(17(16)11-28)9-24-8-13-3-2-4-14(7-13)30-20(21,22)23/h2-7,15-17,24H,8-12H2,1H3,(H,26,29). The van der Waals surface area contributed by atoms with E-state index >= 15 is 0 Å². The molecule has 2 aromatic rings. The van der Waals surface area contributed by atoms with Crippen molar-refractivity contribution in [1.29, 1.82) is 0 Å². The van der Waals surface area contributed by atoms with E-state index in [0.717, 1.165) is 25.2 Å². The van der Waals surface area contributed by atoms with E-state index in [4.69, 9.17) is 0 Å². The molecule has 2 atom stereocenters. The van der Waals surface area contributed by atoms with Gasteiger partial charge in [-0.15, -0.1) is 13.2 Å². The number of aromatic nitrogens is 2. The fourth-order valence-electron chi connectivity index (χ4n) is 4.29. The van der Waals surface area contributed by atoms with Gasteiger partial charge in [-0.25, -0.2) is 0 Å². The largest absolute Gasteiger partial charge is 0.573 e. The molecule has 1 aliphatic carbocycles. The van der Waals surface area contributed by atoms with Gasteiger partial charge in [0.25, 0.3) is 0 Å². The van der Waals surface area contributed by atoms with Crippen LogP contribution < -0.4 is 15.4 Å². The molecular formula is C20H24F3N5O2. The number of rotatable bonds is 8. The molecule has 30 heavy (non-hydrogen) atoms. The summed E-state index contributed by atoms with van der Waals surface area (Å²) in [5.41, 5.74) is 0.746. The molecule has 2 heterocycles. The van der Waals surface area contributed by atoms with Crippen molar-refractivity contribution in [3.8, 4) is 5.75 Å². The third-order valence-corrected chi connectivity index (χ3v) is 5.74. The van der Waals surface area contributed by atoms with Crippen molar-refractivity contribution in [3.05, 3.63) is 42.1 Å². The van der Waals surface area contributed by atoms with Gasteiger partial charge in [0, 0.05) is 32.7 Å². The number of piperidine rings is 1. The van der Waals surface area contributed by atoms with E-state index in [-0.39, 0.29) is 11.7 Å². The zero-order chi connectivity index (χ0) is 21.3. The summed E-state index contributed by atoms with van der Waals surface area (Å²) in [5, 5.41) is 10.2. The van der Waals surface area contributed by atoms with Gasteiger partial charge >= 0.3 is 6.36 Å². The predicted molar refractivity (Wildman–Crippen MR) is 104 cm³/mol. The monoisotopic (exact) mass is 423 g/mol. The fourth-order valence-corrected chi connectivity index (χ4v) is 4.29. The quantitative estimate of drug-likeness (QED) is 0.682. The SMILES string of the molecule is Cn1nccc1NC(=O)CN1CC2C(CNCc3cccc(OC(F)(F)F)c3)C2C1. The summed E-state index contributed by atoms with van der Waals surface area (Å²) in [4.78, 5) is 14.3. The topological polar surface area (TPSA) is 71.4 Å². The molecule has 1 amide bonds. The van der Waals surface area contributed by atoms with E-state index in [9.17, 15) is 18.0 Å². The van der Waals surface area contributed by atoms with Crippen molar-refractivity contribution in [3.63, 3.8) is 0 Å². The third kappa shape index (κ3) is 5.11. The summed E-state index contributed by atoms with van der Waals surface area (Å²) >= 11 is 0. The first kappa shape index (κ1) is 20.7. The molecule has 1 aromatic carbocycles. The third-order valence-electron chi connectivity index (χ3n) is 5.74. The van der Waals surface area contributed by atoms with Gasteiger partial charge in [-0.05, 0) is 42.0 Å². The number of amides is 1. The van der Waals surface area contributed by atoms with Gasteiger partial charge in [0.15, 0.2) is 0 Å². The predicted octanol–water partition coefficient (Wildman–Crippen LogP) is 2.22. The molecular weight excluding hydrogens is 399 g/mol. The number of carbonyl (C=O) groups excluding carboxylic acids is 1. The van der Waals surface area contributed by atoms with Gasteiger partial charge in [-0.1, -0.05) is 12.1 Å². The number of ether oxygens (including phenoxy) is 1. The summed E-state index contributed by atoms with van der Waals surface area (Å²) < 4.78 is 42.5. The summed E-state index contributed by atoms with van der Waals surface area (Å²) in [6, 6.07) is 7.77. The number of halogens is 3. The number of alkyl halides is 3. The highest BCUT2D eigenvalue weighted by Gasteiger charge is 2.54. The molecule has 2 N–H and O–H groups in total. The van der Waals surface area contributed by atoms with Gasteiger partial charge in [0.05, 0.1) is 12.7 Å². The molecule has 0 spiro atoms. The van der Waals surface area contributed by atoms with Crippen LogP contribution in [0.1, 0.15) is 5.56 Å². The van der Waals surface area contributed by atoms with Crippen LogP contribution in [0.5, 0.6) is 5.75 Å². The highest BCUT2D eigenvalue weighted by Crippen LogP contribution is 2.51. The van der Waals surface area contributed by atoms with Gasteiger partial charge in [0.1, 0.15) is 11.6 Å². The van der Waals surface area contributed by atoms with Crippen LogP contribution in [0.3, 0.4) is 0 Å². The van der Waals surface area contributed by atoms with Gasteiger partial charge in [-0.3, -0.25) is 14.4 Å². The van der Waals surface area contributed by atoms with Crippen molar-refractivity contribution >= 4 is 11.7 Å². The number of nitrogens with zero attached hydrogens (tertiary/aromatic N) is 3. The van der Waals surface area contributed by atoms with E-state index in [2.05, 4.69) is 25.4 Å². The molecule has 1 saturated heterocycles. The van der Waals surface area contributed by atoms with Crippen molar-refractivity contribution < 1.29 is 22.7 Å². The Morgan fingerprint density at radius 3 is 2.70 bits per heavy atom. The van der Waals surface area contributed by atoms with Crippen LogP contribution in [0.25, 0.3) is 0 Å². The molecule has 2 aliphatic rings. The normalized spacial score (nSPS) is 23.3. The van der Waals surface area contributed by atoms with Crippen LogP contribution in [0, 0.1) is 17.8 Å². The lowest BCUT2D eigenvalue weighted by Crippen LogP contribution is -2.35. The first-order chi connectivity index (χ1) is 14.3. The Balaban J connectivity index is 1.15. The molecule has 2 unspecified atom stereocenters.